The molecule has 1 N–H and O–H groups in total. The first kappa shape index (κ1) is 25.2. The molecule has 4 aliphatic rings. The van der Waals surface area contributed by atoms with Crippen LogP contribution < -0.4 is 5.56 Å². The molecule has 0 radical (unpaired) electrons. The molecule has 3 saturated carbocycles. The molecule has 6 rings (SSSR count). The molecular formula is C28H38IN3O3. The van der Waals surface area contributed by atoms with E-state index in [0.717, 1.165) is 37.1 Å². The van der Waals surface area contributed by atoms with Crippen molar-refractivity contribution in [3.63, 3.8) is 0 Å². The normalized spacial score (nSPS) is 31.7. The maximum atomic E-state index is 13.3. The third kappa shape index (κ3) is 4.34. The summed E-state index contributed by atoms with van der Waals surface area (Å²) in [6.45, 7) is 10.5. The lowest BCUT2D eigenvalue weighted by atomic mass is 9.45. The number of hydrogen-bond donors (Lipinski definition) is 1. The zero-order chi connectivity index (χ0) is 25.1. The lowest BCUT2D eigenvalue weighted by Gasteiger charge is -2.60. The smallest absolute Gasteiger partial charge is 0.360 e. The Hall–Kier alpha value is -1.48. The SMILES string of the molecule is C[C@H]1CC[C@@H](C[C@@](C)(I)n2c(=O)c(C(=O)O)nc3ccccc32)N1CC[C@@H]1CC[C@H]2C[C@@H]1C2(C)C. The molecule has 4 fully saturated rings. The number of hydrogen-bond acceptors (Lipinski definition) is 4. The zero-order valence-electron chi connectivity index (χ0n) is 21.3. The van der Waals surface area contributed by atoms with Crippen LogP contribution in [0.2, 0.25) is 0 Å². The number of benzene rings is 1. The number of aromatic nitrogens is 2. The van der Waals surface area contributed by atoms with Crippen LogP contribution in [0, 0.1) is 23.2 Å². The van der Waals surface area contributed by atoms with E-state index in [1.165, 1.54) is 32.1 Å². The number of carboxylic acid groups (broad SMARTS) is 1. The second kappa shape index (κ2) is 9.12. The fourth-order valence-corrected chi connectivity index (χ4v) is 8.61. The van der Waals surface area contributed by atoms with Crippen molar-refractivity contribution in [2.75, 3.05) is 6.54 Å². The molecule has 0 spiro atoms. The van der Waals surface area contributed by atoms with Crippen LogP contribution in [-0.4, -0.2) is 44.2 Å². The molecular weight excluding hydrogens is 553 g/mol. The van der Waals surface area contributed by atoms with Crippen molar-refractivity contribution in [1.82, 2.24) is 14.5 Å². The van der Waals surface area contributed by atoms with Gasteiger partial charge in [0.25, 0.3) is 5.56 Å². The average molecular weight is 592 g/mol. The van der Waals surface area contributed by atoms with Gasteiger partial charge in [0.15, 0.2) is 0 Å². The molecule has 0 unspecified atom stereocenters. The van der Waals surface area contributed by atoms with Crippen molar-refractivity contribution in [2.24, 2.45) is 23.2 Å². The van der Waals surface area contributed by atoms with Crippen LogP contribution >= 0.6 is 22.6 Å². The highest BCUT2D eigenvalue weighted by Gasteiger charge is 2.54. The Morgan fingerprint density at radius 1 is 1.23 bits per heavy atom. The number of halogens is 1. The third-order valence-electron chi connectivity index (χ3n) is 9.75. The van der Waals surface area contributed by atoms with E-state index >= 15 is 0 Å². The van der Waals surface area contributed by atoms with Crippen LogP contribution in [0.4, 0.5) is 0 Å². The number of carbonyl (C=O) groups is 1. The molecule has 6 nitrogen and oxygen atoms in total. The number of para-hydroxylation sites is 2. The average Bonchev–Trinajstić information content (AvgIpc) is 3.14. The van der Waals surface area contributed by atoms with Crippen LogP contribution in [0.15, 0.2) is 29.1 Å². The topological polar surface area (TPSA) is 75.4 Å². The molecule has 2 aromatic rings. The number of carboxylic acids is 1. The Morgan fingerprint density at radius 2 is 1.97 bits per heavy atom. The maximum Gasteiger partial charge on any atom is 0.360 e. The lowest BCUT2D eigenvalue weighted by Crippen LogP contribution is -2.53. The van der Waals surface area contributed by atoms with Crippen molar-refractivity contribution in [1.29, 1.82) is 0 Å². The zero-order valence-corrected chi connectivity index (χ0v) is 23.5. The Morgan fingerprint density at radius 3 is 2.66 bits per heavy atom. The third-order valence-corrected chi connectivity index (χ3v) is 10.7. The molecule has 1 aromatic carbocycles. The monoisotopic (exact) mass is 591 g/mol. The summed E-state index contributed by atoms with van der Waals surface area (Å²) in [5.41, 5.74) is 0.839. The highest BCUT2D eigenvalue weighted by Crippen LogP contribution is 2.62. The van der Waals surface area contributed by atoms with Gasteiger partial charge >= 0.3 is 5.97 Å². The molecule has 2 bridgehead atoms. The Bertz CT molecular complexity index is 1190. The molecule has 0 amide bonds. The van der Waals surface area contributed by atoms with Gasteiger partial charge in [-0.1, -0.05) is 48.6 Å². The maximum absolute atomic E-state index is 13.3. The predicted molar refractivity (Wildman–Crippen MR) is 147 cm³/mol. The van der Waals surface area contributed by atoms with Gasteiger partial charge in [-0.3, -0.25) is 14.3 Å². The van der Waals surface area contributed by atoms with Gasteiger partial charge in [0.1, 0.15) is 0 Å². The van der Waals surface area contributed by atoms with Crippen LogP contribution in [0.1, 0.15) is 83.1 Å². The van der Waals surface area contributed by atoms with Crippen molar-refractivity contribution in [3.8, 4) is 0 Å². The van der Waals surface area contributed by atoms with E-state index in [0.29, 0.717) is 28.5 Å². The van der Waals surface area contributed by atoms with Gasteiger partial charge in [-0.25, -0.2) is 9.78 Å². The van der Waals surface area contributed by atoms with Crippen LogP contribution in [0.25, 0.3) is 11.0 Å². The van der Waals surface area contributed by atoms with E-state index in [2.05, 4.69) is 60.2 Å². The second-order valence-electron chi connectivity index (χ2n) is 12.0. The Kier molecular flexibility index (Phi) is 6.56. The highest BCUT2D eigenvalue weighted by atomic mass is 127. The summed E-state index contributed by atoms with van der Waals surface area (Å²) in [6.07, 6.45) is 8.55. The Balaban J connectivity index is 1.38. The van der Waals surface area contributed by atoms with Gasteiger partial charge in [0, 0.05) is 12.1 Å². The standard InChI is InChI=1S/C28H38IN3O3/c1-17-9-12-20(31(17)14-13-18-10-11-19-15-21(18)27(19,2)3)16-28(4,29)32-23-8-6-5-7-22(23)30-24(25(32)33)26(34)35/h5-8,17-21H,9-16H2,1-4H3,(H,34,35)/t17-,18-,19-,20-,21-,28-/m0/s1. The molecule has 190 valence electrons. The second-order valence-corrected chi connectivity index (χ2v) is 14.4. The lowest BCUT2D eigenvalue weighted by molar-refractivity contribution is -0.108. The van der Waals surface area contributed by atoms with Crippen LogP contribution in [-0.2, 0) is 3.55 Å². The van der Waals surface area contributed by atoms with Gasteiger partial charge < -0.3 is 5.11 Å². The molecule has 35 heavy (non-hydrogen) atoms. The van der Waals surface area contributed by atoms with E-state index in [4.69, 9.17) is 0 Å². The largest absolute Gasteiger partial charge is 0.476 e. The molecule has 2 heterocycles. The van der Waals surface area contributed by atoms with Gasteiger partial charge in [0.2, 0.25) is 5.69 Å². The highest BCUT2D eigenvalue weighted by molar-refractivity contribution is 14.1. The molecule has 3 aliphatic carbocycles. The van der Waals surface area contributed by atoms with E-state index in [-0.39, 0.29) is 0 Å². The molecule has 1 saturated heterocycles. The molecule has 6 atom stereocenters. The summed E-state index contributed by atoms with van der Waals surface area (Å²) in [6, 6.07) is 8.29. The fourth-order valence-electron chi connectivity index (χ4n) is 7.63. The molecule has 1 aromatic heterocycles. The predicted octanol–water partition coefficient (Wildman–Crippen LogP) is 5.91. The van der Waals surface area contributed by atoms with E-state index in [1.54, 1.807) is 10.6 Å². The minimum absolute atomic E-state index is 0.379. The quantitative estimate of drug-likeness (QED) is 0.320. The summed E-state index contributed by atoms with van der Waals surface area (Å²) in [5.74, 6) is 1.38. The summed E-state index contributed by atoms with van der Waals surface area (Å²) in [7, 11) is 0. The first-order chi connectivity index (χ1) is 16.5. The van der Waals surface area contributed by atoms with E-state index < -0.39 is 20.8 Å². The number of nitrogens with zero attached hydrogens (tertiary/aromatic N) is 3. The van der Waals surface area contributed by atoms with Crippen molar-refractivity contribution in [3.05, 3.63) is 40.3 Å². The first-order valence-corrected chi connectivity index (χ1v) is 14.3. The van der Waals surface area contributed by atoms with Crippen molar-refractivity contribution in [2.45, 2.75) is 88.3 Å². The van der Waals surface area contributed by atoms with Crippen LogP contribution in [0.5, 0.6) is 0 Å². The van der Waals surface area contributed by atoms with Crippen molar-refractivity contribution < 1.29 is 9.90 Å². The number of rotatable bonds is 7. The summed E-state index contributed by atoms with van der Waals surface area (Å²) < 4.78 is 1.11. The van der Waals surface area contributed by atoms with Gasteiger partial charge in [-0.15, -0.1) is 0 Å². The van der Waals surface area contributed by atoms with Crippen molar-refractivity contribution >= 4 is 39.6 Å². The first-order valence-electron chi connectivity index (χ1n) is 13.2. The Labute approximate surface area is 221 Å². The van der Waals surface area contributed by atoms with E-state index in [1.807, 2.05) is 18.2 Å². The summed E-state index contributed by atoms with van der Waals surface area (Å²) >= 11 is 2.36. The molecule has 7 heteroatoms. The number of aromatic carboxylic acids is 1. The minimum atomic E-state index is -1.27. The molecule has 1 aliphatic heterocycles. The van der Waals surface area contributed by atoms with E-state index in [9.17, 15) is 14.7 Å². The number of likely N-dealkylation sites (tertiary alicyclic amines) is 1. The van der Waals surface area contributed by atoms with Gasteiger partial charge in [-0.05, 0) is 101 Å². The van der Waals surface area contributed by atoms with Gasteiger partial charge in [0.05, 0.1) is 14.6 Å². The minimum Gasteiger partial charge on any atom is -0.476 e. The van der Waals surface area contributed by atoms with Crippen LogP contribution in [0.3, 0.4) is 0 Å². The van der Waals surface area contributed by atoms with Gasteiger partial charge in [-0.2, -0.15) is 0 Å². The number of fused-ring (bicyclic) bond motifs is 3. The number of alkyl halides is 1. The summed E-state index contributed by atoms with van der Waals surface area (Å²) in [4.78, 5) is 32.0. The summed E-state index contributed by atoms with van der Waals surface area (Å²) in [5, 5.41) is 9.65. The fraction of sp³-hybridized carbons (Fsp3) is 0.679.